The van der Waals surface area contributed by atoms with E-state index < -0.39 is 12.4 Å². The van der Waals surface area contributed by atoms with Gasteiger partial charge in [0.2, 0.25) is 0 Å². The van der Waals surface area contributed by atoms with Gasteiger partial charge in [-0.15, -0.1) is 0 Å². The predicted octanol–water partition coefficient (Wildman–Crippen LogP) is -0.255. The monoisotopic (exact) mass is 184 g/mol. The maximum Gasteiger partial charge on any atom is 0.488 e. The van der Waals surface area contributed by atoms with Crippen molar-refractivity contribution < 1.29 is 14.8 Å². The van der Waals surface area contributed by atoms with Crippen molar-refractivity contribution in [3.8, 4) is 0 Å². The Labute approximate surface area is 74.7 Å². The van der Waals surface area contributed by atoms with Gasteiger partial charge in [0.05, 0.1) is 0 Å². The highest BCUT2D eigenvalue weighted by Gasteiger charge is 2.12. The van der Waals surface area contributed by atoms with Gasteiger partial charge in [-0.25, -0.2) is 0 Å². The molecule has 0 bridgehead atoms. The summed E-state index contributed by atoms with van der Waals surface area (Å²) < 4.78 is 0. The van der Waals surface area contributed by atoms with Crippen LogP contribution in [0, 0.1) is 0 Å². The van der Waals surface area contributed by atoms with Gasteiger partial charge in [-0.2, -0.15) is 0 Å². The molecule has 0 saturated carbocycles. The van der Waals surface area contributed by atoms with Crippen LogP contribution >= 0.6 is 11.6 Å². The van der Waals surface area contributed by atoms with E-state index in [-0.39, 0.29) is 11.0 Å². The van der Waals surface area contributed by atoms with Gasteiger partial charge in [-0.05, 0) is 17.1 Å². The number of hydrogen-bond acceptors (Lipinski definition) is 3. The van der Waals surface area contributed by atoms with Gasteiger partial charge < -0.3 is 10.0 Å². The summed E-state index contributed by atoms with van der Waals surface area (Å²) in [5.41, 5.74) is 0.503. The number of hydrogen-bond donors (Lipinski definition) is 2. The number of rotatable bonds is 2. The molecule has 2 N–H and O–H groups in total. The van der Waals surface area contributed by atoms with Crippen molar-refractivity contribution in [2.45, 2.75) is 0 Å². The molecule has 0 fully saturated rings. The van der Waals surface area contributed by atoms with Crippen LogP contribution in [0.4, 0.5) is 0 Å². The lowest BCUT2D eigenvalue weighted by atomic mass is 9.80. The second-order valence-corrected chi connectivity index (χ2v) is 2.62. The highest BCUT2D eigenvalue weighted by atomic mass is 35.5. The van der Waals surface area contributed by atoms with Gasteiger partial charge in [0.25, 0.3) is 5.24 Å². The minimum atomic E-state index is -1.57. The minimum absolute atomic E-state index is 0.251. The fraction of sp³-hybridized carbons (Fsp3) is 0. The summed E-state index contributed by atoms with van der Waals surface area (Å²) in [6.45, 7) is 0. The van der Waals surface area contributed by atoms with Gasteiger partial charge in [0, 0.05) is 5.56 Å². The quantitative estimate of drug-likeness (QED) is 0.492. The molecule has 3 nitrogen and oxygen atoms in total. The van der Waals surface area contributed by atoms with Crippen LogP contribution in [-0.4, -0.2) is 22.4 Å². The van der Waals surface area contributed by atoms with Crippen LogP contribution < -0.4 is 5.46 Å². The van der Waals surface area contributed by atoms with Crippen LogP contribution in [0.2, 0.25) is 0 Å². The van der Waals surface area contributed by atoms with Gasteiger partial charge in [-0.1, -0.05) is 24.3 Å². The highest BCUT2D eigenvalue weighted by Crippen LogP contribution is 2.01. The third-order valence-electron chi connectivity index (χ3n) is 1.41. The summed E-state index contributed by atoms with van der Waals surface area (Å²) in [6.07, 6.45) is 0. The third-order valence-corrected chi connectivity index (χ3v) is 1.63. The maximum absolute atomic E-state index is 10.6. The molecule has 0 heterocycles. The first-order valence-electron chi connectivity index (χ1n) is 3.27. The Kier molecular flexibility index (Phi) is 2.86. The van der Waals surface area contributed by atoms with Crippen molar-refractivity contribution in [2.24, 2.45) is 0 Å². The summed E-state index contributed by atoms with van der Waals surface area (Å²) >= 11 is 5.18. The van der Waals surface area contributed by atoms with E-state index in [0.29, 0.717) is 0 Å². The molecule has 0 saturated heterocycles. The standard InChI is InChI=1S/C7H6BClO3/c9-7(10)5-2-1-3-6(4-5)8(11)12/h1-4,11-12H. The smallest absolute Gasteiger partial charge is 0.423 e. The first kappa shape index (κ1) is 9.25. The summed E-state index contributed by atoms with van der Waals surface area (Å²) in [7, 11) is -1.57. The Morgan fingerprint density at radius 1 is 1.42 bits per heavy atom. The molecule has 0 atom stereocenters. The molecule has 12 heavy (non-hydrogen) atoms. The topological polar surface area (TPSA) is 57.5 Å². The fourth-order valence-electron chi connectivity index (χ4n) is 0.822. The molecule has 0 aromatic heterocycles. The molecule has 0 aliphatic rings. The molecular formula is C7H6BClO3. The van der Waals surface area contributed by atoms with Gasteiger partial charge in [-0.3, -0.25) is 4.79 Å². The first-order chi connectivity index (χ1) is 5.61. The van der Waals surface area contributed by atoms with Crippen LogP contribution in [-0.2, 0) is 0 Å². The Bertz CT molecular complexity index is 300. The first-order valence-corrected chi connectivity index (χ1v) is 3.65. The van der Waals surface area contributed by atoms with Crippen molar-refractivity contribution in [2.75, 3.05) is 0 Å². The molecule has 5 heteroatoms. The van der Waals surface area contributed by atoms with Crippen molar-refractivity contribution in [1.29, 1.82) is 0 Å². The van der Waals surface area contributed by atoms with E-state index >= 15 is 0 Å². The van der Waals surface area contributed by atoms with Gasteiger partial charge in [0.1, 0.15) is 0 Å². The molecule has 0 aliphatic carbocycles. The Morgan fingerprint density at radius 3 is 2.58 bits per heavy atom. The number of carbonyl (C=O) groups excluding carboxylic acids is 1. The largest absolute Gasteiger partial charge is 0.488 e. The van der Waals surface area contributed by atoms with Gasteiger partial charge in [0.15, 0.2) is 0 Å². The van der Waals surface area contributed by atoms with Crippen molar-refractivity contribution in [3.63, 3.8) is 0 Å². The second kappa shape index (κ2) is 3.71. The van der Waals surface area contributed by atoms with E-state index in [1.54, 1.807) is 0 Å². The molecule has 0 amide bonds. The predicted molar refractivity (Wildman–Crippen MR) is 46.5 cm³/mol. The molecule has 1 aromatic carbocycles. The Morgan fingerprint density at radius 2 is 2.08 bits per heavy atom. The summed E-state index contributed by atoms with van der Waals surface area (Å²) in [6, 6.07) is 5.86. The lowest BCUT2D eigenvalue weighted by Gasteiger charge is -1.99. The number of benzene rings is 1. The van der Waals surface area contributed by atoms with Crippen molar-refractivity contribution in [3.05, 3.63) is 29.8 Å². The van der Waals surface area contributed by atoms with E-state index in [1.165, 1.54) is 24.3 Å². The van der Waals surface area contributed by atoms with E-state index in [1.807, 2.05) is 0 Å². The zero-order valence-corrected chi connectivity index (χ0v) is 6.82. The van der Waals surface area contributed by atoms with Crippen LogP contribution in [0.15, 0.2) is 24.3 Å². The van der Waals surface area contributed by atoms with Crippen molar-refractivity contribution in [1.82, 2.24) is 0 Å². The number of halogens is 1. The van der Waals surface area contributed by atoms with Crippen LogP contribution in [0.1, 0.15) is 10.4 Å². The average Bonchev–Trinajstić information content (AvgIpc) is 2.04. The van der Waals surface area contributed by atoms with Crippen LogP contribution in [0.25, 0.3) is 0 Å². The molecule has 0 radical (unpaired) electrons. The Balaban J connectivity index is 3.04. The molecule has 0 aliphatic heterocycles. The van der Waals surface area contributed by atoms with Crippen molar-refractivity contribution >= 4 is 29.4 Å². The van der Waals surface area contributed by atoms with E-state index in [4.69, 9.17) is 21.6 Å². The SMILES string of the molecule is O=C(Cl)c1cccc(B(O)O)c1. The van der Waals surface area contributed by atoms with E-state index in [2.05, 4.69) is 0 Å². The minimum Gasteiger partial charge on any atom is -0.423 e. The molecular weight excluding hydrogens is 178 g/mol. The maximum atomic E-state index is 10.6. The summed E-state index contributed by atoms with van der Waals surface area (Å²) in [4.78, 5) is 10.6. The van der Waals surface area contributed by atoms with Gasteiger partial charge >= 0.3 is 7.12 Å². The Hall–Kier alpha value is -0.835. The molecule has 62 valence electrons. The lowest BCUT2D eigenvalue weighted by molar-refractivity contribution is 0.108. The van der Waals surface area contributed by atoms with Crippen LogP contribution in [0.5, 0.6) is 0 Å². The molecule has 1 aromatic rings. The normalized spacial score (nSPS) is 9.58. The number of carbonyl (C=O) groups is 1. The van der Waals surface area contributed by atoms with E-state index in [9.17, 15) is 4.79 Å². The average molecular weight is 184 g/mol. The molecule has 1 rings (SSSR count). The summed E-state index contributed by atoms with van der Waals surface area (Å²) in [5.74, 6) is 0. The fourth-order valence-corrected chi connectivity index (χ4v) is 0.939. The van der Waals surface area contributed by atoms with Crippen LogP contribution in [0.3, 0.4) is 0 Å². The zero-order valence-electron chi connectivity index (χ0n) is 6.07. The summed E-state index contributed by atoms with van der Waals surface area (Å²) in [5, 5.41) is 16.8. The van der Waals surface area contributed by atoms with E-state index in [0.717, 1.165) is 0 Å². The zero-order chi connectivity index (χ0) is 9.14. The lowest BCUT2D eigenvalue weighted by Crippen LogP contribution is -2.30. The third kappa shape index (κ3) is 2.07. The molecule has 0 spiro atoms. The second-order valence-electron chi connectivity index (χ2n) is 2.27. The highest BCUT2D eigenvalue weighted by molar-refractivity contribution is 6.68. The molecule has 0 unspecified atom stereocenters.